The predicted molar refractivity (Wildman–Crippen MR) is 62.2 cm³/mol. The smallest absolute Gasteiger partial charge is 0.123 e. The second-order valence-corrected chi connectivity index (χ2v) is 3.60. The Balaban J connectivity index is 2.14. The number of methoxy groups -OCH3 is 1. The number of H-pyrrole nitrogens is 1. The number of imidazole rings is 1. The van der Waals surface area contributed by atoms with Crippen molar-refractivity contribution in [3.63, 3.8) is 0 Å². The molecule has 1 atom stereocenters. The van der Waals surface area contributed by atoms with E-state index in [4.69, 9.17) is 10.5 Å². The molecule has 0 saturated carbocycles. The third-order valence-electron chi connectivity index (χ3n) is 2.50. The second kappa shape index (κ2) is 4.81. The highest BCUT2D eigenvalue weighted by Gasteiger charge is 2.11. The number of para-hydroxylation sites is 1. The van der Waals surface area contributed by atoms with Crippen LogP contribution in [0.15, 0.2) is 36.7 Å². The highest BCUT2D eigenvalue weighted by molar-refractivity contribution is 5.34. The minimum atomic E-state index is -0.133. The number of nitrogens with one attached hydrogen (secondary N) is 1. The topological polar surface area (TPSA) is 63.9 Å². The molecule has 0 spiro atoms. The molecule has 4 heteroatoms. The fourth-order valence-corrected chi connectivity index (χ4v) is 1.69. The van der Waals surface area contributed by atoms with E-state index in [-0.39, 0.29) is 6.04 Å². The van der Waals surface area contributed by atoms with Crippen LogP contribution in [0.1, 0.15) is 17.4 Å². The fraction of sp³-hybridized carbons (Fsp3) is 0.250. The molecule has 2 aromatic rings. The van der Waals surface area contributed by atoms with Crippen LogP contribution in [-0.2, 0) is 6.42 Å². The number of ether oxygens (including phenoxy) is 1. The summed E-state index contributed by atoms with van der Waals surface area (Å²) in [7, 11) is 1.66. The number of hydrogen-bond donors (Lipinski definition) is 2. The van der Waals surface area contributed by atoms with Crippen LogP contribution in [0.5, 0.6) is 5.75 Å². The summed E-state index contributed by atoms with van der Waals surface area (Å²) in [6.07, 6.45) is 4.19. The molecule has 0 fully saturated rings. The maximum atomic E-state index is 6.05. The van der Waals surface area contributed by atoms with Gasteiger partial charge in [-0.1, -0.05) is 18.2 Å². The van der Waals surface area contributed by atoms with E-state index in [0.717, 1.165) is 17.1 Å². The Labute approximate surface area is 94.5 Å². The second-order valence-electron chi connectivity index (χ2n) is 3.60. The van der Waals surface area contributed by atoms with E-state index >= 15 is 0 Å². The van der Waals surface area contributed by atoms with Crippen molar-refractivity contribution < 1.29 is 4.74 Å². The van der Waals surface area contributed by atoms with Crippen LogP contribution in [0.4, 0.5) is 0 Å². The minimum absolute atomic E-state index is 0.133. The molecule has 0 amide bonds. The molecule has 2 rings (SSSR count). The van der Waals surface area contributed by atoms with Gasteiger partial charge in [0.1, 0.15) is 11.6 Å². The molecule has 0 aliphatic rings. The highest BCUT2D eigenvalue weighted by Crippen LogP contribution is 2.21. The Morgan fingerprint density at radius 1 is 1.44 bits per heavy atom. The van der Waals surface area contributed by atoms with Gasteiger partial charge < -0.3 is 15.5 Å². The van der Waals surface area contributed by atoms with Gasteiger partial charge >= 0.3 is 0 Å². The molecule has 0 bridgehead atoms. The predicted octanol–water partition coefficient (Wildman–Crippen LogP) is 1.66. The van der Waals surface area contributed by atoms with E-state index in [2.05, 4.69) is 9.97 Å². The van der Waals surface area contributed by atoms with Crippen molar-refractivity contribution >= 4 is 0 Å². The zero-order valence-electron chi connectivity index (χ0n) is 9.18. The Morgan fingerprint density at radius 2 is 2.25 bits per heavy atom. The fourth-order valence-electron chi connectivity index (χ4n) is 1.69. The Bertz CT molecular complexity index is 439. The van der Waals surface area contributed by atoms with Crippen LogP contribution < -0.4 is 10.5 Å². The molecular weight excluding hydrogens is 202 g/mol. The van der Waals surface area contributed by atoms with Gasteiger partial charge in [0.05, 0.1) is 13.2 Å². The number of hydrogen-bond acceptors (Lipinski definition) is 3. The summed E-state index contributed by atoms with van der Waals surface area (Å²) in [4.78, 5) is 7.16. The van der Waals surface area contributed by atoms with Crippen molar-refractivity contribution in [3.8, 4) is 5.75 Å². The third kappa shape index (κ3) is 2.23. The van der Waals surface area contributed by atoms with Gasteiger partial charge in [0, 0.05) is 12.4 Å². The highest BCUT2D eigenvalue weighted by atomic mass is 16.5. The molecule has 1 aromatic carbocycles. The van der Waals surface area contributed by atoms with Crippen LogP contribution in [0.3, 0.4) is 0 Å². The average molecular weight is 217 g/mol. The maximum Gasteiger partial charge on any atom is 0.123 e. The van der Waals surface area contributed by atoms with Crippen molar-refractivity contribution in [1.82, 2.24) is 9.97 Å². The zero-order valence-corrected chi connectivity index (χ0v) is 9.18. The molecule has 0 saturated heterocycles. The van der Waals surface area contributed by atoms with Crippen molar-refractivity contribution in [3.05, 3.63) is 48.0 Å². The molecule has 0 radical (unpaired) electrons. The summed E-state index contributed by atoms with van der Waals surface area (Å²) in [5.41, 5.74) is 7.14. The summed E-state index contributed by atoms with van der Waals surface area (Å²) in [5.74, 6) is 1.66. The lowest BCUT2D eigenvalue weighted by Gasteiger charge is -2.12. The number of aromatic nitrogens is 2. The van der Waals surface area contributed by atoms with Gasteiger partial charge in [-0.15, -0.1) is 0 Å². The first kappa shape index (κ1) is 10.7. The number of aromatic amines is 1. The first-order chi connectivity index (χ1) is 7.81. The monoisotopic (exact) mass is 217 g/mol. The Kier molecular flexibility index (Phi) is 3.22. The summed E-state index contributed by atoms with van der Waals surface area (Å²) in [6, 6.07) is 7.74. The van der Waals surface area contributed by atoms with E-state index in [1.54, 1.807) is 19.5 Å². The van der Waals surface area contributed by atoms with Gasteiger partial charge in [0.2, 0.25) is 0 Å². The molecule has 16 heavy (non-hydrogen) atoms. The number of nitrogens with two attached hydrogens (primary N) is 1. The lowest BCUT2D eigenvalue weighted by atomic mass is 10.1. The first-order valence-corrected chi connectivity index (χ1v) is 5.18. The molecule has 1 aromatic heterocycles. The van der Waals surface area contributed by atoms with E-state index < -0.39 is 0 Å². The Morgan fingerprint density at radius 3 is 2.94 bits per heavy atom. The van der Waals surface area contributed by atoms with Gasteiger partial charge in [-0.2, -0.15) is 0 Å². The standard InChI is InChI=1S/C12H15N3O/c1-16-11-5-3-2-4-9(11)8-10(13)12-14-6-7-15-12/h2-7,10H,8,13H2,1H3,(H,14,15). The summed E-state index contributed by atoms with van der Waals surface area (Å²) < 4.78 is 5.28. The molecule has 1 heterocycles. The molecule has 0 aliphatic carbocycles. The van der Waals surface area contributed by atoms with E-state index in [9.17, 15) is 0 Å². The van der Waals surface area contributed by atoms with E-state index in [0.29, 0.717) is 6.42 Å². The third-order valence-corrected chi connectivity index (χ3v) is 2.50. The molecule has 1 unspecified atom stereocenters. The molecule has 4 nitrogen and oxygen atoms in total. The maximum absolute atomic E-state index is 6.05. The molecule has 0 aliphatic heterocycles. The van der Waals surface area contributed by atoms with E-state index in [1.165, 1.54) is 0 Å². The zero-order chi connectivity index (χ0) is 11.4. The van der Waals surface area contributed by atoms with Crippen molar-refractivity contribution in [1.29, 1.82) is 0 Å². The molecule has 3 N–H and O–H groups in total. The lowest BCUT2D eigenvalue weighted by Crippen LogP contribution is -2.15. The quantitative estimate of drug-likeness (QED) is 0.818. The van der Waals surface area contributed by atoms with Gasteiger partial charge in [0.25, 0.3) is 0 Å². The molecule has 84 valence electrons. The summed E-state index contributed by atoms with van der Waals surface area (Å²) in [6.45, 7) is 0. The van der Waals surface area contributed by atoms with Crippen LogP contribution in [0, 0.1) is 0 Å². The lowest BCUT2D eigenvalue weighted by molar-refractivity contribution is 0.408. The van der Waals surface area contributed by atoms with Gasteiger partial charge in [-0.25, -0.2) is 4.98 Å². The SMILES string of the molecule is COc1ccccc1CC(N)c1ncc[nH]1. The van der Waals surface area contributed by atoms with Crippen molar-refractivity contribution in [2.45, 2.75) is 12.5 Å². The van der Waals surface area contributed by atoms with Crippen molar-refractivity contribution in [2.75, 3.05) is 7.11 Å². The van der Waals surface area contributed by atoms with Crippen LogP contribution in [-0.4, -0.2) is 17.1 Å². The number of nitrogens with zero attached hydrogens (tertiary/aromatic N) is 1. The van der Waals surface area contributed by atoms with Crippen molar-refractivity contribution in [2.24, 2.45) is 5.73 Å². The van der Waals surface area contributed by atoms with Crippen LogP contribution in [0.25, 0.3) is 0 Å². The first-order valence-electron chi connectivity index (χ1n) is 5.18. The molecular formula is C12H15N3O. The average Bonchev–Trinajstić information content (AvgIpc) is 2.83. The van der Waals surface area contributed by atoms with Crippen LogP contribution >= 0.6 is 0 Å². The number of benzene rings is 1. The summed E-state index contributed by atoms with van der Waals surface area (Å²) >= 11 is 0. The van der Waals surface area contributed by atoms with E-state index in [1.807, 2.05) is 24.3 Å². The van der Waals surface area contributed by atoms with Gasteiger partial charge in [0.15, 0.2) is 0 Å². The minimum Gasteiger partial charge on any atom is -0.496 e. The normalized spacial score (nSPS) is 12.4. The summed E-state index contributed by atoms with van der Waals surface area (Å²) in [5, 5.41) is 0. The number of rotatable bonds is 4. The van der Waals surface area contributed by atoms with Crippen LogP contribution in [0.2, 0.25) is 0 Å². The van der Waals surface area contributed by atoms with Gasteiger partial charge in [-0.3, -0.25) is 0 Å². The van der Waals surface area contributed by atoms with Gasteiger partial charge in [-0.05, 0) is 18.1 Å². The Hall–Kier alpha value is -1.81. The largest absolute Gasteiger partial charge is 0.496 e.